The van der Waals surface area contributed by atoms with Crippen molar-refractivity contribution in [2.75, 3.05) is 106 Å². The van der Waals surface area contributed by atoms with E-state index in [9.17, 15) is 26.4 Å². The molecule has 0 unspecified atom stereocenters. The Morgan fingerprint density at radius 2 is 1.02 bits per heavy atom. The molecular formula is C57H77Cl4N5O12S2. The third-order valence-corrected chi connectivity index (χ3v) is 18.4. The second kappa shape index (κ2) is 31.7. The number of hydrogen-bond donors (Lipinski definition) is 3. The van der Waals surface area contributed by atoms with Crippen LogP contribution in [0.5, 0.6) is 11.5 Å². The summed E-state index contributed by atoms with van der Waals surface area (Å²) in [6.45, 7) is 6.83. The number of likely N-dealkylation sites (N-methyl/N-ethyl adjacent to an activating group) is 2. The van der Waals surface area contributed by atoms with Crippen LogP contribution in [0, 0.1) is 13.8 Å². The first-order valence-corrected chi connectivity index (χ1v) is 31.7. The second-order valence-corrected chi connectivity index (χ2v) is 26.0. The average Bonchev–Trinajstić information content (AvgIpc) is 3.95. The highest BCUT2D eigenvalue weighted by Gasteiger charge is 2.39. The summed E-state index contributed by atoms with van der Waals surface area (Å²) in [5, 5.41) is 7.83. The fraction of sp³-hybridized carbons (Fsp3) is 0.544. The van der Waals surface area contributed by atoms with Crippen LogP contribution in [0.15, 0.2) is 70.5 Å². The van der Waals surface area contributed by atoms with E-state index in [2.05, 4.69) is 25.2 Å². The SMILES string of the molecule is Cc1cc(S(=O)(=O)CCCOCCOCCNC(=O)NCCCCCC(=O)CCCOCCOCCNS(=O)(=O)c2ccc(O[C@H]3c4cc(Cl)cc(Cl)c4C[C@@H]3N(C)C)c(C)c2)ccc1O[C@H]1c2cc(Cl)cc(Cl)c2C[C@@H]1N(C)C. The smallest absolute Gasteiger partial charge is 0.314 e. The summed E-state index contributed by atoms with van der Waals surface area (Å²) in [6, 6.07) is 16.7. The number of halogens is 4. The summed E-state index contributed by atoms with van der Waals surface area (Å²) in [5.74, 6) is 1.25. The van der Waals surface area contributed by atoms with E-state index in [1.54, 1.807) is 42.5 Å². The van der Waals surface area contributed by atoms with Crippen LogP contribution >= 0.6 is 46.4 Å². The Morgan fingerprint density at radius 3 is 1.56 bits per heavy atom. The molecule has 6 rings (SSSR count). The lowest BCUT2D eigenvalue weighted by Crippen LogP contribution is -2.37. The van der Waals surface area contributed by atoms with E-state index < -0.39 is 19.9 Å². The van der Waals surface area contributed by atoms with Crippen LogP contribution in [-0.2, 0) is 56.4 Å². The van der Waals surface area contributed by atoms with Crippen LogP contribution in [0.3, 0.4) is 0 Å². The van der Waals surface area contributed by atoms with Crippen molar-refractivity contribution in [3.63, 3.8) is 0 Å². The molecular weight excluding hydrogens is 1150 g/mol. The molecule has 4 aromatic carbocycles. The van der Waals surface area contributed by atoms with E-state index in [0.717, 1.165) is 41.5 Å². The van der Waals surface area contributed by atoms with Crippen LogP contribution in [-0.4, -0.2) is 157 Å². The van der Waals surface area contributed by atoms with Crippen LogP contribution < -0.4 is 24.8 Å². The first-order valence-electron chi connectivity index (χ1n) is 27.0. The number of ketones is 1. The molecule has 442 valence electrons. The molecule has 4 atom stereocenters. The largest absolute Gasteiger partial charge is 0.484 e. The van der Waals surface area contributed by atoms with Crippen molar-refractivity contribution in [2.45, 2.75) is 106 Å². The lowest BCUT2D eigenvalue weighted by atomic mass is 10.1. The normalized spacial score (nSPS) is 17.0. The van der Waals surface area contributed by atoms with Crippen LogP contribution in [0.4, 0.5) is 4.79 Å². The number of benzene rings is 4. The van der Waals surface area contributed by atoms with Crippen LogP contribution in [0.1, 0.15) is 90.5 Å². The number of rotatable bonds is 35. The van der Waals surface area contributed by atoms with Crippen molar-refractivity contribution in [1.82, 2.24) is 25.2 Å². The van der Waals surface area contributed by atoms with Crippen molar-refractivity contribution in [1.29, 1.82) is 0 Å². The Bertz CT molecular complexity index is 2740. The minimum absolute atomic E-state index is 0.0189. The summed E-state index contributed by atoms with van der Waals surface area (Å²) in [7, 11) is 0.589. The zero-order valence-corrected chi connectivity index (χ0v) is 51.2. The van der Waals surface area contributed by atoms with E-state index in [1.807, 2.05) is 54.2 Å². The Hall–Kier alpha value is -3.80. The Kier molecular flexibility index (Phi) is 25.9. The molecule has 0 aliphatic heterocycles. The third kappa shape index (κ3) is 19.4. The highest BCUT2D eigenvalue weighted by Crippen LogP contribution is 2.44. The van der Waals surface area contributed by atoms with Gasteiger partial charge < -0.3 is 48.9 Å². The lowest BCUT2D eigenvalue weighted by molar-refractivity contribution is -0.119. The first kappa shape index (κ1) is 65.4. The van der Waals surface area contributed by atoms with Gasteiger partial charge in [-0.25, -0.2) is 26.4 Å². The minimum atomic E-state index is -3.80. The maximum Gasteiger partial charge on any atom is 0.314 e. The van der Waals surface area contributed by atoms with Crippen molar-refractivity contribution in [2.24, 2.45) is 0 Å². The number of aryl methyl sites for hydroxylation is 2. The number of urea groups is 1. The molecule has 0 heterocycles. The number of carbonyl (C=O) groups excluding carboxylic acids is 2. The number of Topliss-reactive ketones (excluding diaryl/α,β-unsaturated/α-hetero) is 1. The number of nitrogens with zero attached hydrogens (tertiary/aromatic N) is 2. The maximum atomic E-state index is 13.2. The zero-order valence-electron chi connectivity index (χ0n) is 46.6. The van der Waals surface area contributed by atoms with Gasteiger partial charge in [-0.3, -0.25) is 4.79 Å². The van der Waals surface area contributed by atoms with Crippen molar-refractivity contribution < 1.29 is 54.8 Å². The van der Waals surface area contributed by atoms with Crippen LogP contribution in [0.2, 0.25) is 20.1 Å². The molecule has 0 saturated heterocycles. The van der Waals surface area contributed by atoms with Gasteiger partial charge in [0.15, 0.2) is 9.84 Å². The summed E-state index contributed by atoms with van der Waals surface area (Å²) in [5.41, 5.74) is 5.23. The molecule has 2 amide bonds. The molecule has 0 radical (unpaired) electrons. The lowest BCUT2D eigenvalue weighted by Gasteiger charge is -2.28. The van der Waals surface area contributed by atoms with E-state index in [4.69, 9.17) is 74.8 Å². The molecule has 0 saturated carbocycles. The summed E-state index contributed by atoms with van der Waals surface area (Å²) < 4.78 is 90.3. The Balaban J connectivity index is 0.708. The highest BCUT2D eigenvalue weighted by atomic mass is 35.5. The van der Waals surface area contributed by atoms with Gasteiger partial charge in [-0.2, -0.15) is 0 Å². The summed E-state index contributed by atoms with van der Waals surface area (Å²) in [6.07, 6.45) is 4.83. The zero-order chi connectivity index (χ0) is 58.0. The van der Waals surface area contributed by atoms with Gasteiger partial charge in [0.2, 0.25) is 10.0 Å². The fourth-order valence-electron chi connectivity index (χ4n) is 9.63. The van der Waals surface area contributed by atoms with E-state index in [1.165, 1.54) is 6.07 Å². The van der Waals surface area contributed by atoms with Crippen LogP contribution in [0.25, 0.3) is 0 Å². The molecule has 2 aliphatic rings. The number of sulfonamides is 1. The number of sulfone groups is 1. The number of unbranched alkanes of at least 4 members (excludes halogenated alkanes) is 2. The van der Waals surface area contributed by atoms with Gasteiger partial charge in [0, 0.05) is 76.9 Å². The maximum absolute atomic E-state index is 13.2. The summed E-state index contributed by atoms with van der Waals surface area (Å²) in [4.78, 5) is 29.0. The van der Waals surface area contributed by atoms with Crippen molar-refractivity contribution >= 4 is 78.1 Å². The number of ether oxygens (including phenoxy) is 6. The Morgan fingerprint density at radius 1 is 0.550 bits per heavy atom. The molecule has 80 heavy (non-hydrogen) atoms. The van der Waals surface area contributed by atoms with E-state index >= 15 is 0 Å². The van der Waals surface area contributed by atoms with Crippen molar-refractivity contribution in [3.05, 3.63) is 114 Å². The average molecular weight is 1230 g/mol. The molecule has 23 heteroatoms. The standard InChI is InChI=1S/C57H77Cl4N5O12S2/c1-38-30-43(14-16-53(38)77-55-47-32-40(58)34-49(60)45(47)36-51(55)65(3)4)79(69,70)29-11-22-74-26-27-75-23-19-63-57(68)62-18-9-7-8-12-42(67)13-10-21-73-25-28-76-24-20-64-80(71,72)44-15-17-54(39(2)31-44)78-56-48-33-41(59)35-50(61)46(48)37-52(56)66(5)6/h14-17,30-35,51-52,55-56,64H,7-13,18-29,36-37H2,1-6H3,(H2,62,63,68)/t51-,52-,55-,56-/m0/s1. The van der Waals surface area contributed by atoms with Gasteiger partial charge in [0.1, 0.15) is 29.5 Å². The van der Waals surface area contributed by atoms with E-state index in [0.29, 0.717) is 121 Å². The highest BCUT2D eigenvalue weighted by molar-refractivity contribution is 7.91. The topological polar surface area (TPSA) is 200 Å². The number of carbonyl (C=O) groups is 2. The molecule has 0 fully saturated rings. The molecule has 0 aromatic heterocycles. The quantitative estimate of drug-likeness (QED) is 0.0368. The van der Waals surface area contributed by atoms with Gasteiger partial charge in [0.25, 0.3) is 0 Å². The first-order chi connectivity index (χ1) is 38.1. The molecule has 2 aliphatic carbocycles. The molecule has 0 spiro atoms. The third-order valence-electron chi connectivity index (χ3n) is 14.0. The number of hydrogen-bond acceptors (Lipinski definition) is 14. The van der Waals surface area contributed by atoms with Gasteiger partial charge in [-0.15, -0.1) is 0 Å². The Labute approximate surface area is 492 Å². The summed E-state index contributed by atoms with van der Waals surface area (Å²) >= 11 is 25.7. The predicted octanol–water partition coefficient (Wildman–Crippen LogP) is 9.55. The number of fused-ring (bicyclic) bond motifs is 2. The van der Waals surface area contributed by atoms with Gasteiger partial charge >= 0.3 is 6.03 Å². The van der Waals surface area contributed by atoms with Crippen molar-refractivity contribution in [3.8, 4) is 11.5 Å². The monoisotopic (exact) mass is 1230 g/mol. The fourth-order valence-corrected chi connectivity index (χ4v) is 13.3. The second-order valence-electron chi connectivity index (χ2n) is 20.5. The van der Waals surface area contributed by atoms with Gasteiger partial charge in [-0.05, 0) is 163 Å². The molecule has 0 bridgehead atoms. The minimum Gasteiger partial charge on any atom is -0.484 e. The predicted molar refractivity (Wildman–Crippen MR) is 314 cm³/mol. The number of amides is 2. The van der Waals surface area contributed by atoms with Gasteiger partial charge in [0.05, 0.1) is 67.3 Å². The molecule has 17 nitrogen and oxygen atoms in total. The molecule has 4 aromatic rings. The van der Waals surface area contributed by atoms with Gasteiger partial charge in [-0.1, -0.05) is 52.8 Å². The van der Waals surface area contributed by atoms with E-state index in [-0.39, 0.29) is 84.6 Å². The number of nitrogens with one attached hydrogen (secondary N) is 3. The molecule has 3 N–H and O–H groups in total.